The summed E-state index contributed by atoms with van der Waals surface area (Å²) < 4.78 is 1.64. The number of aryl methyl sites for hydroxylation is 4. The maximum atomic E-state index is 12.4. The van der Waals surface area contributed by atoms with E-state index in [0.717, 1.165) is 62.8 Å². The van der Waals surface area contributed by atoms with Crippen LogP contribution in [-0.2, 0) is 53.0 Å². The van der Waals surface area contributed by atoms with Crippen LogP contribution in [0.3, 0.4) is 0 Å². The Bertz CT molecular complexity index is 1280. The third kappa shape index (κ3) is 11.0. The number of allylic oxidation sites excluding steroid dienone is 2. The van der Waals surface area contributed by atoms with Gasteiger partial charge in [0.25, 0.3) is 0 Å². The summed E-state index contributed by atoms with van der Waals surface area (Å²) in [6, 6.07) is 9.63. The monoisotopic (exact) mass is 684 g/mol. The molecule has 0 aromatic heterocycles. The Morgan fingerprint density at radius 3 is 1.06 bits per heavy atom. The molecule has 3 heteroatoms. The first kappa shape index (κ1) is 41.2. The van der Waals surface area contributed by atoms with Crippen molar-refractivity contribution in [2.24, 2.45) is 0 Å². The maximum absolute atomic E-state index is 12.4. The Morgan fingerprint density at radius 1 is 0.468 bits per heavy atom. The zero-order chi connectivity index (χ0) is 34.8. The predicted molar refractivity (Wildman–Crippen MR) is 205 cm³/mol. The molecule has 0 atom stereocenters. The summed E-state index contributed by atoms with van der Waals surface area (Å²) in [4.78, 5) is 0. The van der Waals surface area contributed by atoms with Crippen LogP contribution in [0.1, 0.15) is 177 Å². The van der Waals surface area contributed by atoms with Gasteiger partial charge >= 0.3 is 26.2 Å². The summed E-state index contributed by atoms with van der Waals surface area (Å²) in [6.45, 7) is 18.3. The molecule has 1 aliphatic heterocycles. The topological polar surface area (TPSA) is 25.3 Å². The van der Waals surface area contributed by atoms with Crippen LogP contribution in [0.15, 0.2) is 35.4 Å². The summed E-state index contributed by atoms with van der Waals surface area (Å²) in [6.07, 6.45) is 21.0. The third-order valence-corrected chi connectivity index (χ3v) is 10.1. The molecule has 0 radical (unpaired) electrons. The van der Waals surface area contributed by atoms with Crippen molar-refractivity contribution in [1.29, 1.82) is 0 Å². The fraction of sp³-hybridized carbons (Fsp3) is 0.636. The van der Waals surface area contributed by atoms with E-state index < -0.39 is 0 Å². The van der Waals surface area contributed by atoms with Crippen LogP contribution >= 0.6 is 0 Å². The molecule has 3 rings (SSSR count). The molecule has 1 heterocycles. The van der Waals surface area contributed by atoms with E-state index >= 15 is 0 Å². The molecular weight excluding hydrogens is 615 g/mol. The minimum atomic E-state index is 1.03. The zero-order valence-electron chi connectivity index (χ0n) is 32.2. The number of nitrogens with zero attached hydrogens (tertiary/aromatic N) is 2. The van der Waals surface area contributed by atoms with Crippen LogP contribution in [0, 0.1) is 0 Å². The SMILES string of the molecule is CCCCCCCCC1=C(c2cc(CC)c(CC)c(CC)c2)[N+](=[N-])C(c2cc(CC)c(CC)c(CC)c2)=C1CCCCCC.[CH3][Ni][CH3]. The van der Waals surface area contributed by atoms with Gasteiger partial charge in [0.1, 0.15) is 0 Å². The number of benzene rings is 2. The second-order valence-corrected chi connectivity index (χ2v) is 14.3. The van der Waals surface area contributed by atoms with Crippen molar-refractivity contribution in [2.75, 3.05) is 0 Å². The van der Waals surface area contributed by atoms with E-state index in [4.69, 9.17) is 0 Å². The zero-order valence-corrected chi connectivity index (χ0v) is 33.2. The average molecular weight is 686 g/mol. The van der Waals surface area contributed by atoms with Gasteiger partial charge in [-0.2, -0.15) is 0 Å². The normalized spacial score (nSPS) is 13.2. The first-order chi connectivity index (χ1) is 22.8. The summed E-state index contributed by atoms with van der Waals surface area (Å²) in [7, 11) is 0. The van der Waals surface area contributed by atoms with Crippen molar-refractivity contribution >= 4 is 11.4 Å². The van der Waals surface area contributed by atoms with Gasteiger partial charge in [-0.1, -0.05) is 107 Å². The molecule has 0 amide bonds. The summed E-state index contributed by atoms with van der Waals surface area (Å²) in [5, 5.41) is 0. The Morgan fingerprint density at radius 2 is 0.766 bits per heavy atom. The molecule has 47 heavy (non-hydrogen) atoms. The van der Waals surface area contributed by atoms with Crippen molar-refractivity contribution in [2.45, 2.75) is 183 Å². The number of hydrogen-bond acceptors (Lipinski definition) is 0. The molecule has 0 N–H and O–H groups in total. The Balaban J connectivity index is 0.00000246. The summed E-state index contributed by atoms with van der Waals surface area (Å²) in [5.41, 5.74) is 28.5. The van der Waals surface area contributed by atoms with Gasteiger partial charge in [0.05, 0.1) is 0 Å². The van der Waals surface area contributed by atoms with Crippen LogP contribution in [-0.4, -0.2) is 4.70 Å². The molecule has 0 bridgehead atoms. The van der Waals surface area contributed by atoms with E-state index in [1.54, 1.807) is 19.1 Å². The molecule has 0 aliphatic carbocycles. The quantitative estimate of drug-likeness (QED) is 0.0753. The van der Waals surface area contributed by atoms with Crippen LogP contribution in [0.2, 0.25) is 11.8 Å². The Kier molecular flexibility index (Phi) is 19.8. The Hall–Kier alpha value is -1.99. The third-order valence-electron chi connectivity index (χ3n) is 10.1. The van der Waals surface area contributed by atoms with E-state index in [-0.39, 0.29) is 0 Å². The molecule has 0 saturated heterocycles. The molecule has 0 saturated carbocycles. The van der Waals surface area contributed by atoms with Gasteiger partial charge in [-0.3, -0.25) is 0 Å². The van der Waals surface area contributed by atoms with Gasteiger partial charge in [-0.05, 0) is 122 Å². The average Bonchev–Trinajstić information content (AvgIpc) is 3.37. The predicted octanol–water partition coefficient (Wildman–Crippen LogP) is 14.1. The molecule has 266 valence electrons. The van der Waals surface area contributed by atoms with Crippen LogP contribution in [0.4, 0.5) is 0 Å². The van der Waals surface area contributed by atoms with Gasteiger partial charge in [-0.15, -0.1) is 0 Å². The number of rotatable bonds is 20. The van der Waals surface area contributed by atoms with Crippen LogP contribution in [0.5, 0.6) is 0 Å². The van der Waals surface area contributed by atoms with E-state index in [1.807, 2.05) is 0 Å². The summed E-state index contributed by atoms with van der Waals surface area (Å²) >= 11 is 1.62. The number of unbranched alkanes of at least 4 members (excludes halogenated alkanes) is 8. The fourth-order valence-corrected chi connectivity index (χ4v) is 7.63. The molecule has 2 aromatic carbocycles. The summed E-state index contributed by atoms with van der Waals surface area (Å²) in [5.74, 6) is 4.12. The van der Waals surface area contributed by atoms with Crippen LogP contribution in [0.25, 0.3) is 16.9 Å². The van der Waals surface area contributed by atoms with Gasteiger partial charge < -0.3 is 5.53 Å². The van der Waals surface area contributed by atoms with Gasteiger partial charge in [0, 0.05) is 22.3 Å². The van der Waals surface area contributed by atoms with Gasteiger partial charge in [0.2, 0.25) is 11.4 Å². The first-order valence-corrected chi connectivity index (χ1v) is 21.3. The van der Waals surface area contributed by atoms with Gasteiger partial charge in [-0.25, -0.2) is 4.70 Å². The van der Waals surface area contributed by atoms with Crippen molar-refractivity contribution in [3.05, 3.63) is 85.5 Å². The van der Waals surface area contributed by atoms with Crippen molar-refractivity contribution < 1.29 is 19.1 Å². The van der Waals surface area contributed by atoms with E-state index in [2.05, 4.69) is 91.4 Å². The van der Waals surface area contributed by atoms with Crippen LogP contribution < -0.4 is 0 Å². The molecule has 1 aliphatic rings. The fourth-order valence-electron chi connectivity index (χ4n) is 7.63. The molecule has 2 nitrogen and oxygen atoms in total. The van der Waals surface area contributed by atoms with Crippen molar-refractivity contribution in [1.82, 2.24) is 0 Å². The molecule has 2 aromatic rings. The van der Waals surface area contributed by atoms with Crippen molar-refractivity contribution in [3.8, 4) is 0 Å². The first-order valence-electron chi connectivity index (χ1n) is 19.3. The standard InChI is InChI=1S/C42H64N2.2CH3.Ni/c1-9-17-19-21-22-24-26-40-39(25-23-20-18-10-2)41(35-27-31(11-3)37(15-7)32(12-4)28-35)44(43)42(40)36-29-33(13-5)38(16-8)34(14-6)30-36;;;/h27-30H,9-26H2,1-8H3;2*1H3;. The van der Waals surface area contributed by atoms with Crippen molar-refractivity contribution in [3.63, 3.8) is 0 Å². The second-order valence-electron chi connectivity index (χ2n) is 13.3. The Labute approximate surface area is 297 Å². The van der Waals surface area contributed by atoms with E-state index in [0.29, 0.717) is 0 Å². The molecule has 0 spiro atoms. The number of hydrogen-bond donors (Lipinski definition) is 0. The van der Waals surface area contributed by atoms with Gasteiger partial charge in [0.15, 0.2) is 0 Å². The van der Waals surface area contributed by atoms with E-state index in [1.165, 1.54) is 120 Å². The van der Waals surface area contributed by atoms with E-state index in [9.17, 15) is 5.53 Å². The molecule has 0 fully saturated rings. The molecular formula is C44H70N2Ni. The molecule has 0 unspecified atom stereocenters. The second kappa shape index (κ2) is 22.6. The minimum absolute atomic E-state index is 1.03.